The Kier molecular flexibility index (Phi) is 3.91. The van der Waals surface area contributed by atoms with Crippen LogP contribution in [0.5, 0.6) is 0 Å². The van der Waals surface area contributed by atoms with E-state index in [2.05, 4.69) is 5.10 Å². The number of non-ortho nitro benzene ring substituents is 1. The molecule has 0 amide bonds. The standard InChI is InChI=1S/C16H10ClN3O3/c17-13-4-2-5-14(8-13)19-9-12(10-21)16(18-19)11-3-1-6-15(7-11)20(22)23/h1-10H. The normalized spacial score (nSPS) is 10.5. The molecule has 3 rings (SSSR count). The number of aromatic nitrogens is 2. The minimum atomic E-state index is -0.488. The van der Waals surface area contributed by atoms with Crippen LogP contribution in [0, 0.1) is 10.1 Å². The lowest BCUT2D eigenvalue weighted by molar-refractivity contribution is -0.384. The van der Waals surface area contributed by atoms with E-state index in [9.17, 15) is 14.9 Å². The van der Waals surface area contributed by atoms with E-state index in [1.807, 2.05) is 0 Å². The third-order valence-corrected chi connectivity index (χ3v) is 3.51. The lowest BCUT2D eigenvalue weighted by Crippen LogP contribution is -1.94. The molecule has 0 N–H and O–H groups in total. The van der Waals surface area contributed by atoms with Gasteiger partial charge in [-0.25, -0.2) is 4.68 Å². The Labute approximate surface area is 136 Å². The number of halogens is 1. The summed E-state index contributed by atoms with van der Waals surface area (Å²) in [5, 5.41) is 15.8. The van der Waals surface area contributed by atoms with E-state index in [4.69, 9.17) is 11.6 Å². The number of rotatable bonds is 4. The topological polar surface area (TPSA) is 78.0 Å². The molecule has 0 aliphatic rings. The molecule has 6 nitrogen and oxygen atoms in total. The summed E-state index contributed by atoms with van der Waals surface area (Å²) in [5.74, 6) is 0. The van der Waals surface area contributed by atoms with Crippen LogP contribution in [0.4, 0.5) is 5.69 Å². The molecule has 0 saturated heterocycles. The molecule has 0 aliphatic carbocycles. The van der Waals surface area contributed by atoms with Gasteiger partial charge in [0.25, 0.3) is 5.69 Å². The lowest BCUT2D eigenvalue weighted by atomic mass is 10.1. The van der Waals surface area contributed by atoms with Gasteiger partial charge in [-0.3, -0.25) is 14.9 Å². The van der Waals surface area contributed by atoms with E-state index < -0.39 is 4.92 Å². The molecule has 3 aromatic rings. The fraction of sp³-hybridized carbons (Fsp3) is 0. The molecule has 0 unspecified atom stereocenters. The lowest BCUT2D eigenvalue weighted by Gasteiger charge is -2.01. The zero-order valence-corrected chi connectivity index (χ0v) is 12.5. The first-order chi connectivity index (χ1) is 11.1. The number of hydrogen-bond acceptors (Lipinski definition) is 4. The van der Waals surface area contributed by atoms with E-state index in [0.717, 1.165) is 0 Å². The number of nitro benzene ring substituents is 1. The molecule has 114 valence electrons. The van der Waals surface area contributed by atoms with Crippen LogP contribution >= 0.6 is 11.6 Å². The molecular formula is C16H10ClN3O3. The summed E-state index contributed by atoms with van der Waals surface area (Å²) < 4.78 is 1.52. The zero-order valence-electron chi connectivity index (χ0n) is 11.7. The van der Waals surface area contributed by atoms with Gasteiger partial charge in [0.15, 0.2) is 6.29 Å². The van der Waals surface area contributed by atoms with Crippen molar-refractivity contribution in [2.45, 2.75) is 0 Å². The highest BCUT2D eigenvalue weighted by atomic mass is 35.5. The summed E-state index contributed by atoms with van der Waals surface area (Å²) in [6, 6.07) is 13.0. The van der Waals surface area contributed by atoms with Crippen molar-refractivity contribution in [3.63, 3.8) is 0 Å². The molecule has 1 heterocycles. The average Bonchev–Trinajstić information content (AvgIpc) is 2.99. The highest BCUT2D eigenvalue weighted by Crippen LogP contribution is 2.26. The highest BCUT2D eigenvalue weighted by Gasteiger charge is 2.14. The maximum Gasteiger partial charge on any atom is 0.270 e. The van der Waals surface area contributed by atoms with Crippen LogP contribution in [-0.4, -0.2) is 21.0 Å². The van der Waals surface area contributed by atoms with Crippen molar-refractivity contribution in [2.75, 3.05) is 0 Å². The Balaban J connectivity index is 2.11. The largest absolute Gasteiger partial charge is 0.298 e. The van der Waals surface area contributed by atoms with Crippen LogP contribution in [0.1, 0.15) is 10.4 Å². The molecule has 0 atom stereocenters. The van der Waals surface area contributed by atoms with Gasteiger partial charge in [-0.05, 0) is 18.2 Å². The second kappa shape index (κ2) is 6.02. The summed E-state index contributed by atoms with van der Waals surface area (Å²) in [4.78, 5) is 21.7. The van der Waals surface area contributed by atoms with Gasteiger partial charge >= 0.3 is 0 Å². The van der Waals surface area contributed by atoms with Crippen LogP contribution in [0.25, 0.3) is 16.9 Å². The SMILES string of the molecule is O=Cc1cn(-c2cccc(Cl)c2)nc1-c1cccc([N+](=O)[O-])c1. The van der Waals surface area contributed by atoms with Crippen molar-refractivity contribution in [3.8, 4) is 16.9 Å². The summed E-state index contributed by atoms with van der Waals surface area (Å²) in [6.07, 6.45) is 2.23. The summed E-state index contributed by atoms with van der Waals surface area (Å²) in [5.41, 5.74) is 1.85. The van der Waals surface area contributed by atoms with Crippen molar-refractivity contribution < 1.29 is 9.72 Å². The first kappa shape index (κ1) is 14.9. The monoisotopic (exact) mass is 327 g/mol. The Hall–Kier alpha value is -2.99. The molecule has 23 heavy (non-hydrogen) atoms. The molecule has 0 fully saturated rings. The maximum absolute atomic E-state index is 11.3. The number of carbonyl (C=O) groups is 1. The van der Waals surface area contributed by atoms with E-state index in [1.54, 1.807) is 42.6 Å². The summed E-state index contributed by atoms with van der Waals surface area (Å²) in [7, 11) is 0. The molecule has 1 aromatic heterocycles. The zero-order chi connectivity index (χ0) is 16.4. The van der Waals surface area contributed by atoms with Gasteiger partial charge < -0.3 is 0 Å². The van der Waals surface area contributed by atoms with Crippen molar-refractivity contribution in [2.24, 2.45) is 0 Å². The number of aldehydes is 1. The molecule has 0 radical (unpaired) electrons. The van der Waals surface area contributed by atoms with Crippen molar-refractivity contribution in [1.82, 2.24) is 9.78 Å². The van der Waals surface area contributed by atoms with Gasteiger partial charge in [0.2, 0.25) is 0 Å². The number of nitro groups is 1. The second-order valence-corrected chi connectivity index (χ2v) is 5.22. The predicted molar refractivity (Wildman–Crippen MR) is 86.1 cm³/mol. The fourth-order valence-corrected chi connectivity index (χ4v) is 2.40. The number of nitrogens with zero attached hydrogens (tertiary/aromatic N) is 3. The third kappa shape index (κ3) is 2.97. The smallest absolute Gasteiger partial charge is 0.270 e. The number of carbonyl (C=O) groups excluding carboxylic acids is 1. The van der Waals surface area contributed by atoms with Gasteiger partial charge in [-0.2, -0.15) is 5.10 Å². The van der Waals surface area contributed by atoms with E-state index in [0.29, 0.717) is 33.8 Å². The van der Waals surface area contributed by atoms with Gasteiger partial charge in [0.05, 0.1) is 16.2 Å². The molecular weight excluding hydrogens is 318 g/mol. The third-order valence-electron chi connectivity index (χ3n) is 3.27. The van der Waals surface area contributed by atoms with Crippen molar-refractivity contribution in [1.29, 1.82) is 0 Å². The first-order valence-electron chi connectivity index (χ1n) is 6.64. The van der Waals surface area contributed by atoms with Gasteiger partial charge in [0.1, 0.15) is 5.69 Å². The predicted octanol–water partition coefficient (Wildman–Crippen LogP) is 3.91. The van der Waals surface area contributed by atoms with Gasteiger partial charge in [-0.15, -0.1) is 0 Å². The molecule has 0 saturated carbocycles. The highest BCUT2D eigenvalue weighted by molar-refractivity contribution is 6.30. The minimum Gasteiger partial charge on any atom is -0.298 e. The van der Waals surface area contributed by atoms with Gasteiger partial charge in [-0.1, -0.05) is 29.8 Å². The van der Waals surface area contributed by atoms with E-state index in [1.165, 1.54) is 16.8 Å². The minimum absolute atomic E-state index is 0.0587. The summed E-state index contributed by atoms with van der Waals surface area (Å²) >= 11 is 5.96. The van der Waals surface area contributed by atoms with Crippen LogP contribution in [0.3, 0.4) is 0 Å². The van der Waals surface area contributed by atoms with Crippen LogP contribution < -0.4 is 0 Å². The van der Waals surface area contributed by atoms with E-state index >= 15 is 0 Å². The van der Waals surface area contributed by atoms with Gasteiger partial charge in [0, 0.05) is 28.9 Å². The Bertz CT molecular complexity index is 905. The number of benzene rings is 2. The quantitative estimate of drug-likeness (QED) is 0.413. The van der Waals surface area contributed by atoms with E-state index in [-0.39, 0.29) is 5.69 Å². The molecule has 7 heteroatoms. The van der Waals surface area contributed by atoms with Crippen molar-refractivity contribution in [3.05, 3.63) is 75.4 Å². The molecule has 0 spiro atoms. The average molecular weight is 328 g/mol. The summed E-state index contributed by atoms with van der Waals surface area (Å²) in [6.45, 7) is 0. The molecule has 0 aliphatic heterocycles. The number of hydrogen-bond donors (Lipinski definition) is 0. The Morgan fingerprint density at radius 2 is 1.96 bits per heavy atom. The van der Waals surface area contributed by atoms with Crippen LogP contribution in [0.2, 0.25) is 5.02 Å². The molecule has 2 aromatic carbocycles. The first-order valence-corrected chi connectivity index (χ1v) is 7.02. The Morgan fingerprint density at radius 1 is 1.17 bits per heavy atom. The molecule has 0 bridgehead atoms. The Morgan fingerprint density at radius 3 is 2.65 bits per heavy atom. The van der Waals surface area contributed by atoms with Crippen molar-refractivity contribution >= 4 is 23.6 Å². The van der Waals surface area contributed by atoms with Crippen LogP contribution in [0.15, 0.2) is 54.7 Å². The second-order valence-electron chi connectivity index (χ2n) is 4.78. The van der Waals surface area contributed by atoms with Crippen LogP contribution in [-0.2, 0) is 0 Å². The fourth-order valence-electron chi connectivity index (χ4n) is 2.22. The maximum atomic E-state index is 11.3.